The Bertz CT molecular complexity index is 1870. The van der Waals surface area contributed by atoms with Crippen LogP contribution in [0.4, 0.5) is 5.69 Å². The Hall–Kier alpha value is -4.22. The van der Waals surface area contributed by atoms with E-state index in [1.54, 1.807) is 37.4 Å². The number of hydrogen-bond acceptors (Lipinski definition) is 11. The third kappa shape index (κ3) is 4.92. The molecule has 0 N–H and O–H groups in total. The third-order valence-corrected chi connectivity index (χ3v) is 12.0. The quantitative estimate of drug-likeness (QED) is 0.333. The maximum Gasteiger partial charge on any atom is 0.272 e. The number of ether oxygens (including phenoxy) is 3. The van der Waals surface area contributed by atoms with Gasteiger partial charge in [0.05, 0.1) is 44.3 Å². The van der Waals surface area contributed by atoms with E-state index >= 15 is 4.79 Å². The number of anilines is 1. The van der Waals surface area contributed by atoms with Crippen molar-refractivity contribution >= 4 is 21.6 Å². The number of likely N-dealkylation sites (tertiary alicyclic amines) is 3. The van der Waals surface area contributed by atoms with Crippen LogP contribution in [0.5, 0.6) is 17.4 Å². The average Bonchev–Trinajstić information content (AvgIpc) is 3.32. The summed E-state index contributed by atoms with van der Waals surface area (Å²) in [5, 5.41) is 10.0. The highest BCUT2D eigenvalue weighted by Crippen LogP contribution is 2.58. The molecule has 48 heavy (non-hydrogen) atoms. The van der Waals surface area contributed by atoms with Gasteiger partial charge in [0.2, 0.25) is 5.88 Å². The van der Waals surface area contributed by atoms with Gasteiger partial charge >= 0.3 is 0 Å². The molecule has 252 valence electrons. The summed E-state index contributed by atoms with van der Waals surface area (Å²) in [5.74, 6) is 0.506. The van der Waals surface area contributed by atoms with E-state index in [0.717, 1.165) is 43.3 Å². The fourth-order valence-corrected chi connectivity index (χ4v) is 9.40. The van der Waals surface area contributed by atoms with Gasteiger partial charge < -0.3 is 19.1 Å². The minimum atomic E-state index is -4.46. The number of rotatable bonds is 9. The fourth-order valence-electron chi connectivity index (χ4n) is 8.00. The first-order valence-electron chi connectivity index (χ1n) is 16.2. The Morgan fingerprint density at radius 2 is 1.73 bits per heavy atom. The van der Waals surface area contributed by atoms with Crippen molar-refractivity contribution in [3.05, 3.63) is 71.4 Å². The zero-order chi connectivity index (χ0) is 33.8. The monoisotopic (exact) mass is 672 g/mol. The van der Waals surface area contributed by atoms with Crippen molar-refractivity contribution in [3.8, 4) is 23.4 Å². The van der Waals surface area contributed by atoms with E-state index in [0.29, 0.717) is 53.9 Å². The number of amides is 1. The summed E-state index contributed by atoms with van der Waals surface area (Å²) >= 11 is 0. The predicted molar refractivity (Wildman–Crippen MR) is 178 cm³/mol. The maximum absolute atomic E-state index is 15.3. The topological polar surface area (TPSA) is 129 Å². The second kappa shape index (κ2) is 12.0. The molecule has 1 aromatic heterocycles. The van der Waals surface area contributed by atoms with Gasteiger partial charge in [0.15, 0.2) is 5.54 Å². The maximum atomic E-state index is 15.3. The number of nitrogens with zero attached hydrogens (tertiary/aromatic N) is 6. The van der Waals surface area contributed by atoms with Crippen LogP contribution in [-0.4, -0.2) is 107 Å². The molecule has 3 fully saturated rings. The Balaban J connectivity index is 1.36. The molecule has 0 aliphatic carbocycles. The first-order chi connectivity index (χ1) is 23.1. The highest BCUT2D eigenvalue weighted by Gasteiger charge is 2.66. The van der Waals surface area contributed by atoms with Gasteiger partial charge in [0.25, 0.3) is 15.9 Å². The number of aromatic nitrogens is 1. The van der Waals surface area contributed by atoms with Crippen molar-refractivity contribution in [1.82, 2.24) is 19.7 Å². The smallest absolute Gasteiger partial charge is 0.272 e. The number of sulfonamides is 1. The zero-order valence-electron chi connectivity index (χ0n) is 27.7. The first kappa shape index (κ1) is 32.3. The third-order valence-electron chi connectivity index (χ3n) is 10.4. The van der Waals surface area contributed by atoms with Crippen molar-refractivity contribution in [3.63, 3.8) is 0 Å². The molecule has 5 heterocycles. The SMILES string of the molecule is CCOc1ccc(OC)cc1[C@]1(N2CC3(CN(C4CCN(C)CC4)C3)C2)C(=O)N(S(=O)(=O)c2ccc(OC)nc2)c2ccc(C#N)cc21. The van der Waals surface area contributed by atoms with Gasteiger partial charge in [-0.05, 0) is 82.4 Å². The Morgan fingerprint density at radius 1 is 0.979 bits per heavy atom. The van der Waals surface area contributed by atoms with Crippen molar-refractivity contribution in [2.75, 3.05) is 71.4 Å². The highest BCUT2D eigenvalue weighted by molar-refractivity contribution is 7.93. The van der Waals surface area contributed by atoms with Crippen molar-refractivity contribution in [2.24, 2.45) is 5.41 Å². The largest absolute Gasteiger partial charge is 0.497 e. The summed E-state index contributed by atoms with van der Waals surface area (Å²) in [4.78, 5) is 26.3. The van der Waals surface area contributed by atoms with Gasteiger partial charge in [-0.15, -0.1) is 0 Å². The molecule has 1 atom stereocenters. The number of nitriles is 1. The lowest BCUT2D eigenvalue weighted by molar-refractivity contribution is -0.169. The second-order valence-electron chi connectivity index (χ2n) is 13.3. The van der Waals surface area contributed by atoms with Crippen LogP contribution < -0.4 is 18.5 Å². The van der Waals surface area contributed by atoms with Gasteiger partial charge in [-0.25, -0.2) is 17.7 Å². The molecule has 3 aromatic rings. The second-order valence-corrected chi connectivity index (χ2v) is 15.0. The Kier molecular flexibility index (Phi) is 8.10. The van der Waals surface area contributed by atoms with Gasteiger partial charge in [-0.1, -0.05) is 0 Å². The normalized spacial score (nSPS) is 22.9. The number of benzene rings is 2. The van der Waals surface area contributed by atoms with E-state index in [2.05, 4.69) is 32.8 Å². The fraction of sp³-hybridized carbons (Fsp3) is 0.457. The van der Waals surface area contributed by atoms with E-state index in [9.17, 15) is 13.7 Å². The van der Waals surface area contributed by atoms with E-state index in [1.807, 2.05) is 6.92 Å². The first-order valence-corrected chi connectivity index (χ1v) is 17.7. The van der Waals surface area contributed by atoms with Gasteiger partial charge in [0.1, 0.15) is 16.4 Å². The Labute approximate surface area is 281 Å². The Morgan fingerprint density at radius 3 is 2.35 bits per heavy atom. The zero-order valence-corrected chi connectivity index (χ0v) is 28.5. The molecule has 1 amide bonds. The predicted octanol–water partition coefficient (Wildman–Crippen LogP) is 3.06. The molecule has 7 rings (SSSR count). The summed E-state index contributed by atoms with van der Waals surface area (Å²) in [6.07, 6.45) is 3.46. The van der Waals surface area contributed by atoms with Crippen LogP contribution in [0.15, 0.2) is 59.6 Å². The minimum Gasteiger partial charge on any atom is -0.497 e. The molecule has 12 nitrogen and oxygen atoms in total. The molecule has 4 aliphatic heterocycles. The average molecular weight is 673 g/mol. The number of pyridine rings is 1. The van der Waals surface area contributed by atoms with Gasteiger partial charge in [-0.3, -0.25) is 14.6 Å². The van der Waals surface area contributed by atoms with Crippen LogP contribution in [0, 0.1) is 16.7 Å². The summed E-state index contributed by atoms with van der Waals surface area (Å²) in [6, 6.07) is 15.6. The van der Waals surface area contributed by atoms with E-state index in [-0.39, 0.29) is 21.9 Å². The molecule has 3 saturated heterocycles. The molecule has 4 aliphatic rings. The number of hydrogen-bond donors (Lipinski definition) is 0. The number of carbonyl (C=O) groups excluding carboxylic acids is 1. The number of piperidine rings is 1. The van der Waals surface area contributed by atoms with Crippen molar-refractivity contribution < 1.29 is 27.4 Å². The lowest BCUT2D eigenvalue weighted by Crippen LogP contribution is -2.77. The molecule has 2 aromatic carbocycles. The standard InChI is InChI=1S/C35H40N6O6S/c1-5-47-31-10-7-26(45-3)17-29(31)35(40-22-34(23-40)20-39(21-34)25-12-14-38(2)15-13-25)28-16-24(18-36)6-9-30(28)41(33(35)42)48(43,44)27-8-11-32(46-4)37-19-27/h6-11,16-17,19,25H,5,12-15,20-23H2,1-4H3/t35-/m0/s1. The van der Waals surface area contributed by atoms with Gasteiger partial charge in [-0.2, -0.15) is 5.26 Å². The van der Waals surface area contributed by atoms with Crippen LogP contribution in [0.25, 0.3) is 0 Å². The summed E-state index contributed by atoms with van der Waals surface area (Å²) in [5.41, 5.74) is -0.274. The number of methoxy groups -OCH3 is 2. The number of carbonyl (C=O) groups is 1. The van der Waals surface area contributed by atoms with Crippen LogP contribution in [0.2, 0.25) is 0 Å². The van der Waals surface area contributed by atoms with Crippen molar-refractivity contribution in [2.45, 2.75) is 36.2 Å². The summed E-state index contributed by atoms with van der Waals surface area (Å²) in [6.45, 7) is 7.32. The lowest BCUT2D eigenvalue weighted by Gasteiger charge is -2.65. The molecular weight excluding hydrogens is 632 g/mol. The molecule has 0 radical (unpaired) electrons. The summed E-state index contributed by atoms with van der Waals surface area (Å²) in [7, 11) is 0.687. The molecule has 1 spiro atoms. The minimum absolute atomic E-state index is 0.0273. The molecule has 0 saturated carbocycles. The van der Waals surface area contributed by atoms with Crippen LogP contribution in [0.3, 0.4) is 0 Å². The van der Waals surface area contributed by atoms with E-state index in [4.69, 9.17) is 14.2 Å². The lowest BCUT2D eigenvalue weighted by atomic mass is 9.67. The molecule has 13 heteroatoms. The van der Waals surface area contributed by atoms with Crippen LogP contribution in [-0.2, 0) is 20.4 Å². The van der Waals surface area contributed by atoms with E-state index in [1.165, 1.54) is 31.5 Å². The molecular formula is C35H40N6O6S. The highest BCUT2D eigenvalue weighted by atomic mass is 32.2. The summed E-state index contributed by atoms with van der Waals surface area (Å²) < 4.78 is 46.7. The molecule has 0 bridgehead atoms. The van der Waals surface area contributed by atoms with Crippen molar-refractivity contribution in [1.29, 1.82) is 5.26 Å². The van der Waals surface area contributed by atoms with Gasteiger partial charge in [0, 0.05) is 54.8 Å². The van der Waals surface area contributed by atoms with E-state index < -0.39 is 21.5 Å². The van der Waals surface area contributed by atoms with Crippen LogP contribution in [0.1, 0.15) is 36.5 Å². The van der Waals surface area contributed by atoms with Crippen LogP contribution >= 0.6 is 0 Å². The number of fused-ring (bicyclic) bond motifs is 1. The molecule has 0 unspecified atom stereocenters.